The lowest BCUT2D eigenvalue weighted by molar-refractivity contribution is -0.159. The van der Waals surface area contributed by atoms with Gasteiger partial charge >= 0.3 is 11.9 Å². The minimum atomic E-state index is -1.82. The van der Waals surface area contributed by atoms with Gasteiger partial charge in [-0.05, 0) is 30.2 Å². The summed E-state index contributed by atoms with van der Waals surface area (Å²) in [7, 11) is 0. The molecule has 0 saturated carbocycles. The SMILES string of the molecule is CCc1cc(OCCOCCNCCO)ccc1Cl.O=C(O)C(=O)O. The van der Waals surface area contributed by atoms with Crippen molar-refractivity contribution in [2.24, 2.45) is 0 Å². The summed E-state index contributed by atoms with van der Waals surface area (Å²) in [5, 5.41) is 27.2. The smallest absolute Gasteiger partial charge is 0.414 e. The number of hydrogen-bond donors (Lipinski definition) is 4. The van der Waals surface area contributed by atoms with E-state index in [1.54, 1.807) is 0 Å². The Bertz CT molecular complexity index is 513. The van der Waals surface area contributed by atoms with Crippen LogP contribution in [-0.2, 0) is 20.7 Å². The molecule has 0 fully saturated rings. The number of carbonyl (C=O) groups is 2. The van der Waals surface area contributed by atoms with Gasteiger partial charge in [-0.15, -0.1) is 0 Å². The topological polar surface area (TPSA) is 125 Å². The van der Waals surface area contributed by atoms with Crippen LogP contribution < -0.4 is 10.1 Å². The summed E-state index contributed by atoms with van der Waals surface area (Å²) in [6.45, 7) is 5.23. The molecular formula is C16H24ClNO7. The highest BCUT2D eigenvalue weighted by Gasteiger charge is 2.04. The standard InChI is InChI=1S/C14H22ClNO3.C2H2O4/c1-2-12-11-13(3-4-14(12)15)19-10-9-18-8-6-16-5-7-17;3-1(4)2(5)6/h3-4,11,16-17H,2,5-10H2,1H3;(H,3,4)(H,5,6). The van der Waals surface area contributed by atoms with E-state index in [2.05, 4.69) is 12.2 Å². The molecule has 1 rings (SSSR count). The molecule has 8 nitrogen and oxygen atoms in total. The average molecular weight is 378 g/mol. The van der Waals surface area contributed by atoms with E-state index in [9.17, 15) is 0 Å². The van der Waals surface area contributed by atoms with Gasteiger partial charge in [0.25, 0.3) is 0 Å². The van der Waals surface area contributed by atoms with Crippen molar-refractivity contribution < 1.29 is 34.4 Å². The number of hydrogen-bond acceptors (Lipinski definition) is 6. The quantitative estimate of drug-likeness (QED) is 0.352. The largest absolute Gasteiger partial charge is 0.491 e. The zero-order valence-corrected chi connectivity index (χ0v) is 14.8. The maximum absolute atomic E-state index is 9.10. The number of carboxylic acid groups (broad SMARTS) is 2. The van der Waals surface area contributed by atoms with Crippen LogP contribution in [0.4, 0.5) is 0 Å². The molecule has 0 amide bonds. The van der Waals surface area contributed by atoms with E-state index in [0.29, 0.717) is 26.4 Å². The van der Waals surface area contributed by atoms with E-state index in [1.165, 1.54) is 0 Å². The lowest BCUT2D eigenvalue weighted by Gasteiger charge is -2.09. The maximum atomic E-state index is 9.10. The molecule has 9 heteroatoms. The number of aryl methyl sites for hydroxylation is 1. The first-order chi connectivity index (χ1) is 11.9. The predicted molar refractivity (Wildman–Crippen MR) is 92.4 cm³/mol. The molecule has 0 heterocycles. The van der Waals surface area contributed by atoms with Crippen LogP contribution in [0.25, 0.3) is 0 Å². The Morgan fingerprint density at radius 1 is 1.12 bits per heavy atom. The molecule has 0 aromatic heterocycles. The van der Waals surface area contributed by atoms with Crippen molar-refractivity contribution in [1.82, 2.24) is 5.32 Å². The first-order valence-electron chi connectivity index (χ1n) is 7.69. The molecule has 142 valence electrons. The van der Waals surface area contributed by atoms with Crippen LogP contribution in [0.3, 0.4) is 0 Å². The molecule has 0 unspecified atom stereocenters. The second-order valence-electron chi connectivity index (χ2n) is 4.65. The molecule has 4 N–H and O–H groups in total. The van der Waals surface area contributed by atoms with Crippen molar-refractivity contribution in [3.05, 3.63) is 28.8 Å². The molecule has 0 spiro atoms. The van der Waals surface area contributed by atoms with Gasteiger partial charge in [0.2, 0.25) is 0 Å². The molecule has 1 aromatic carbocycles. The third-order valence-electron chi connectivity index (χ3n) is 2.79. The van der Waals surface area contributed by atoms with Gasteiger partial charge < -0.3 is 30.1 Å². The highest BCUT2D eigenvalue weighted by atomic mass is 35.5. The fourth-order valence-corrected chi connectivity index (χ4v) is 1.83. The van der Waals surface area contributed by atoms with E-state index in [-0.39, 0.29) is 6.61 Å². The first-order valence-corrected chi connectivity index (χ1v) is 8.06. The third kappa shape index (κ3) is 12.2. The van der Waals surface area contributed by atoms with Crippen LogP contribution >= 0.6 is 11.6 Å². The zero-order chi connectivity index (χ0) is 19.1. The van der Waals surface area contributed by atoms with E-state index in [0.717, 1.165) is 29.3 Å². The number of ether oxygens (including phenoxy) is 2. The summed E-state index contributed by atoms with van der Waals surface area (Å²) in [6.07, 6.45) is 0.892. The van der Waals surface area contributed by atoms with Crippen LogP contribution in [0, 0.1) is 0 Å². The van der Waals surface area contributed by atoms with E-state index in [4.69, 9.17) is 46.0 Å². The van der Waals surface area contributed by atoms with Crippen LogP contribution in [-0.4, -0.2) is 66.8 Å². The van der Waals surface area contributed by atoms with Gasteiger partial charge in [-0.3, -0.25) is 0 Å². The number of aliphatic hydroxyl groups is 1. The maximum Gasteiger partial charge on any atom is 0.414 e. The Balaban J connectivity index is 0.000000823. The molecule has 0 aliphatic heterocycles. The van der Waals surface area contributed by atoms with Crippen LogP contribution in [0.1, 0.15) is 12.5 Å². The highest BCUT2D eigenvalue weighted by Crippen LogP contribution is 2.22. The number of halogens is 1. The fraction of sp³-hybridized carbons (Fsp3) is 0.500. The van der Waals surface area contributed by atoms with Crippen molar-refractivity contribution in [3.63, 3.8) is 0 Å². The number of carboxylic acids is 2. The van der Waals surface area contributed by atoms with Gasteiger partial charge in [-0.25, -0.2) is 9.59 Å². The van der Waals surface area contributed by atoms with E-state index < -0.39 is 11.9 Å². The lowest BCUT2D eigenvalue weighted by atomic mass is 10.1. The summed E-state index contributed by atoms with van der Waals surface area (Å²) < 4.78 is 11.0. The van der Waals surface area contributed by atoms with Crippen LogP contribution in [0.2, 0.25) is 5.02 Å². The van der Waals surface area contributed by atoms with Gasteiger partial charge in [0.15, 0.2) is 0 Å². The normalized spacial score (nSPS) is 9.88. The van der Waals surface area contributed by atoms with Gasteiger partial charge in [0, 0.05) is 18.1 Å². The monoisotopic (exact) mass is 377 g/mol. The second kappa shape index (κ2) is 14.5. The van der Waals surface area contributed by atoms with Gasteiger partial charge in [0.1, 0.15) is 12.4 Å². The van der Waals surface area contributed by atoms with Crippen molar-refractivity contribution in [1.29, 1.82) is 0 Å². The number of rotatable bonds is 10. The highest BCUT2D eigenvalue weighted by molar-refractivity contribution is 6.31. The third-order valence-corrected chi connectivity index (χ3v) is 3.16. The number of benzene rings is 1. The molecule has 0 aliphatic carbocycles. The minimum absolute atomic E-state index is 0.152. The van der Waals surface area contributed by atoms with Crippen LogP contribution in [0.15, 0.2) is 18.2 Å². The molecule has 0 atom stereocenters. The number of nitrogens with one attached hydrogen (secondary N) is 1. The summed E-state index contributed by atoms with van der Waals surface area (Å²) >= 11 is 6.04. The Morgan fingerprint density at radius 2 is 1.80 bits per heavy atom. The van der Waals surface area contributed by atoms with Gasteiger partial charge in [0.05, 0.1) is 19.8 Å². The van der Waals surface area contributed by atoms with E-state index in [1.807, 2.05) is 18.2 Å². The minimum Gasteiger partial charge on any atom is -0.491 e. The number of aliphatic hydroxyl groups excluding tert-OH is 1. The zero-order valence-electron chi connectivity index (χ0n) is 14.0. The predicted octanol–water partition coefficient (Wildman–Crippen LogP) is 1.04. The Kier molecular flexibility index (Phi) is 13.4. The van der Waals surface area contributed by atoms with Crippen molar-refractivity contribution in [3.8, 4) is 5.75 Å². The first kappa shape index (κ1) is 23.1. The fourth-order valence-electron chi connectivity index (χ4n) is 1.58. The van der Waals surface area contributed by atoms with Gasteiger partial charge in [-0.1, -0.05) is 18.5 Å². The molecule has 1 aromatic rings. The molecule has 25 heavy (non-hydrogen) atoms. The van der Waals surface area contributed by atoms with Gasteiger partial charge in [-0.2, -0.15) is 0 Å². The Labute approximate surface area is 151 Å². The van der Waals surface area contributed by atoms with Crippen molar-refractivity contribution >= 4 is 23.5 Å². The summed E-state index contributed by atoms with van der Waals surface area (Å²) in [5.74, 6) is -2.83. The summed E-state index contributed by atoms with van der Waals surface area (Å²) in [4.78, 5) is 18.2. The molecule has 0 aliphatic rings. The molecule has 0 saturated heterocycles. The van der Waals surface area contributed by atoms with Crippen LogP contribution in [0.5, 0.6) is 5.75 Å². The molecule has 0 bridgehead atoms. The molecular weight excluding hydrogens is 354 g/mol. The average Bonchev–Trinajstić information content (AvgIpc) is 2.59. The Hall–Kier alpha value is -1.87. The summed E-state index contributed by atoms with van der Waals surface area (Å²) in [6, 6.07) is 5.69. The molecule has 0 radical (unpaired) electrons. The summed E-state index contributed by atoms with van der Waals surface area (Å²) in [5.41, 5.74) is 1.09. The lowest BCUT2D eigenvalue weighted by Crippen LogP contribution is -2.23. The second-order valence-corrected chi connectivity index (χ2v) is 5.06. The number of aliphatic carboxylic acids is 2. The van der Waals surface area contributed by atoms with Crippen molar-refractivity contribution in [2.75, 3.05) is 39.5 Å². The Morgan fingerprint density at radius 3 is 2.36 bits per heavy atom. The van der Waals surface area contributed by atoms with E-state index >= 15 is 0 Å². The van der Waals surface area contributed by atoms with Crippen molar-refractivity contribution in [2.45, 2.75) is 13.3 Å².